The Labute approximate surface area is 115 Å². The number of hydrogen-bond donors (Lipinski definition) is 0. The maximum Gasteiger partial charge on any atom is 0.298 e. The first-order valence-electron chi connectivity index (χ1n) is 6.68. The Balaban J connectivity index is 2.46. The van der Waals surface area contributed by atoms with Gasteiger partial charge in [-0.05, 0) is 25.2 Å². The molecule has 19 heavy (non-hydrogen) atoms. The van der Waals surface area contributed by atoms with Gasteiger partial charge in [-0.15, -0.1) is 0 Å². The highest BCUT2D eigenvalue weighted by Crippen LogP contribution is 2.11. The number of hydrogen-bond acceptors (Lipinski definition) is 4. The minimum absolute atomic E-state index is 0.0931. The van der Waals surface area contributed by atoms with Crippen LogP contribution in [0, 0.1) is 11.8 Å². The van der Waals surface area contributed by atoms with Crippen LogP contribution in [0.4, 0.5) is 0 Å². The lowest BCUT2D eigenvalue weighted by atomic mass is 10.1. The van der Waals surface area contributed by atoms with Gasteiger partial charge in [0.2, 0.25) is 0 Å². The van der Waals surface area contributed by atoms with Crippen molar-refractivity contribution >= 4 is 5.91 Å². The van der Waals surface area contributed by atoms with E-state index in [4.69, 9.17) is 14.2 Å². The van der Waals surface area contributed by atoms with Crippen LogP contribution in [-0.4, -0.2) is 64.0 Å². The molecule has 0 bridgehead atoms. The second-order valence-electron chi connectivity index (χ2n) is 4.40. The third-order valence-electron chi connectivity index (χ3n) is 2.94. The van der Waals surface area contributed by atoms with Crippen molar-refractivity contribution in [2.24, 2.45) is 0 Å². The van der Waals surface area contributed by atoms with Crippen LogP contribution >= 0.6 is 0 Å². The van der Waals surface area contributed by atoms with E-state index in [1.165, 1.54) is 0 Å². The van der Waals surface area contributed by atoms with Crippen LogP contribution in [0.1, 0.15) is 19.3 Å². The molecule has 108 valence electrons. The van der Waals surface area contributed by atoms with Gasteiger partial charge in [0, 0.05) is 33.9 Å². The molecule has 0 aromatic rings. The maximum atomic E-state index is 12.0. The first-order chi connectivity index (χ1) is 9.27. The molecular formula is C14H23NO4. The van der Waals surface area contributed by atoms with E-state index >= 15 is 0 Å². The Kier molecular flexibility index (Phi) is 8.23. The lowest BCUT2D eigenvalue weighted by molar-refractivity contribution is -0.126. The molecule has 1 aliphatic rings. The first kappa shape index (κ1) is 16.0. The SMILES string of the molecule is COCCN(CCOC)C(=O)C#CC1CCCCO1. The van der Waals surface area contributed by atoms with Gasteiger partial charge in [-0.1, -0.05) is 5.92 Å². The summed E-state index contributed by atoms with van der Waals surface area (Å²) in [6.45, 7) is 2.79. The molecule has 1 fully saturated rings. The van der Waals surface area contributed by atoms with E-state index in [0.29, 0.717) is 26.3 Å². The highest BCUT2D eigenvalue weighted by molar-refractivity contribution is 5.93. The van der Waals surface area contributed by atoms with Gasteiger partial charge in [0.25, 0.3) is 5.91 Å². The summed E-state index contributed by atoms with van der Waals surface area (Å²) in [5, 5.41) is 0. The van der Waals surface area contributed by atoms with Crippen molar-refractivity contribution in [3.05, 3.63) is 0 Å². The van der Waals surface area contributed by atoms with E-state index in [1.807, 2.05) is 0 Å². The molecule has 0 N–H and O–H groups in total. The number of amides is 1. The normalized spacial score (nSPS) is 18.5. The molecular weight excluding hydrogens is 246 g/mol. The van der Waals surface area contributed by atoms with Crippen molar-refractivity contribution in [1.82, 2.24) is 4.90 Å². The Bertz CT molecular complexity index is 307. The molecule has 0 spiro atoms. The highest BCUT2D eigenvalue weighted by atomic mass is 16.5. The average Bonchev–Trinajstić information content (AvgIpc) is 2.46. The molecule has 1 saturated heterocycles. The zero-order valence-electron chi connectivity index (χ0n) is 11.8. The topological polar surface area (TPSA) is 48.0 Å². The van der Waals surface area contributed by atoms with Gasteiger partial charge >= 0.3 is 0 Å². The van der Waals surface area contributed by atoms with Gasteiger partial charge in [-0.25, -0.2) is 0 Å². The fraction of sp³-hybridized carbons (Fsp3) is 0.786. The molecule has 1 heterocycles. The summed E-state index contributed by atoms with van der Waals surface area (Å²) in [4.78, 5) is 13.6. The quantitative estimate of drug-likeness (QED) is 0.665. The molecule has 0 saturated carbocycles. The summed E-state index contributed by atoms with van der Waals surface area (Å²) >= 11 is 0. The van der Waals surface area contributed by atoms with Crippen molar-refractivity contribution in [1.29, 1.82) is 0 Å². The van der Waals surface area contributed by atoms with Crippen LogP contribution in [0.25, 0.3) is 0 Å². The van der Waals surface area contributed by atoms with Crippen LogP contribution in [0.3, 0.4) is 0 Å². The summed E-state index contributed by atoms with van der Waals surface area (Å²) in [6.07, 6.45) is 3.02. The van der Waals surface area contributed by atoms with Crippen LogP contribution in [0.15, 0.2) is 0 Å². The predicted molar refractivity (Wildman–Crippen MR) is 71.7 cm³/mol. The van der Waals surface area contributed by atoms with Crippen molar-refractivity contribution in [3.63, 3.8) is 0 Å². The zero-order chi connectivity index (χ0) is 13.9. The van der Waals surface area contributed by atoms with E-state index in [9.17, 15) is 4.79 Å². The molecule has 0 radical (unpaired) electrons. The monoisotopic (exact) mass is 269 g/mol. The van der Waals surface area contributed by atoms with Gasteiger partial charge in [0.15, 0.2) is 0 Å². The molecule has 1 amide bonds. The minimum atomic E-state index is -0.191. The number of ether oxygens (including phenoxy) is 3. The maximum absolute atomic E-state index is 12.0. The number of methoxy groups -OCH3 is 2. The van der Waals surface area contributed by atoms with Crippen molar-refractivity contribution in [2.75, 3.05) is 47.1 Å². The Morgan fingerprint density at radius 1 is 1.26 bits per heavy atom. The molecule has 0 aromatic carbocycles. The summed E-state index contributed by atoms with van der Waals surface area (Å²) in [6, 6.07) is 0. The standard InChI is InChI=1S/C14H23NO4/c1-17-11-8-15(9-12-18-2)14(16)7-6-13-5-3-4-10-19-13/h13H,3-5,8-12H2,1-2H3. The van der Waals surface area contributed by atoms with Crippen LogP contribution < -0.4 is 0 Å². The Hall–Kier alpha value is -1.09. The molecule has 5 heteroatoms. The van der Waals surface area contributed by atoms with Gasteiger partial charge < -0.3 is 19.1 Å². The number of carbonyl (C=O) groups excluding carboxylic acids is 1. The average molecular weight is 269 g/mol. The molecule has 1 aliphatic heterocycles. The van der Waals surface area contributed by atoms with Crippen molar-refractivity contribution < 1.29 is 19.0 Å². The largest absolute Gasteiger partial charge is 0.383 e. The number of carbonyl (C=O) groups is 1. The summed E-state index contributed by atoms with van der Waals surface area (Å²) in [7, 11) is 3.22. The van der Waals surface area contributed by atoms with Crippen molar-refractivity contribution in [3.8, 4) is 11.8 Å². The van der Waals surface area contributed by atoms with E-state index in [-0.39, 0.29) is 12.0 Å². The molecule has 1 atom stereocenters. The third kappa shape index (κ3) is 6.58. The zero-order valence-corrected chi connectivity index (χ0v) is 11.8. The predicted octanol–water partition coefficient (Wildman–Crippen LogP) is 0.680. The first-order valence-corrected chi connectivity index (χ1v) is 6.68. The second kappa shape index (κ2) is 9.79. The van der Waals surface area contributed by atoms with Crippen LogP contribution in [0.2, 0.25) is 0 Å². The Morgan fingerprint density at radius 2 is 1.95 bits per heavy atom. The van der Waals surface area contributed by atoms with Gasteiger partial charge in [0.1, 0.15) is 6.10 Å². The smallest absolute Gasteiger partial charge is 0.298 e. The summed E-state index contributed by atoms with van der Waals surface area (Å²) in [5.74, 6) is 5.39. The molecule has 1 rings (SSSR count). The van der Waals surface area contributed by atoms with E-state index in [1.54, 1.807) is 19.1 Å². The minimum Gasteiger partial charge on any atom is -0.383 e. The Morgan fingerprint density at radius 3 is 2.47 bits per heavy atom. The lowest BCUT2D eigenvalue weighted by Gasteiger charge is -2.20. The summed E-state index contributed by atoms with van der Waals surface area (Å²) in [5.41, 5.74) is 0. The molecule has 0 aliphatic carbocycles. The van der Waals surface area contributed by atoms with Gasteiger partial charge in [0.05, 0.1) is 13.2 Å². The molecule has 0 aromatic heterocycles. The fourth-order valence-corrected chi connectivity index (χ4v) is 1.79. The number of rotatable bonds is 6. The molecule has 1 unspecified atom stereocenters. The number of nitrogens with zero attached hydrogens (tertiary/aromatic N) is 1. The highest BCUT2D eigenvalue weighted by Gasteiger charge is 2.13. The van der Waals surface area contributed by atoms with Crippen LogP contribution in [0.5, 0.6) is 0 Å². The van der Waals surface area contributed by atoms with Crippen molar-refractivity contribution in [2.45, 2.75) is 25.4 Å². The van der Waals surface area contributed by atoms with Crippen LogP contribution in [-0.2, 0) is 19.0 Å². The lowest BCUT2D eigenvalue weighted by Crippen LogP contribution is -2.35. The summed E-state index contributed by atoms with van der Waals surface area (Å²) < 4.78 is 15.5. The van der Waals surface area contributed by atoms with E-state index in [2.05, 4.69) is 11.8 Å². The fourth-order valence-electron chi connectivity index (χ4n) is 1.79. The van der Waals surface area contributed by atoms with Gasteiger partial charge in [-0.2, -0.15) is 0 Å². The third-order valence-corrected chi connectivity index (χ3v) is 2.94. The van der Waals surface area contributed by atoms with Gasteiger partial charge in [-0.3, -0.25) is 4.79 Å². The van der Waals surface area contributed by atoms with E-state index in [0.717, 1.165) is 25.9 Å². The molecule has 5 nitrogen and oxygen atoms in total. The second-order valence-corrected chi connectivity index (χ2v) is 4.40. The van der Waals surface area contributed by atoms with E-state index < -0.39 is 0 Å².